The Morgan fingerprint density at radius 2 is 1.90 bits per heavy atom. The van der Waals surface area contributed by atoms with Crippen LogP contribution in [0.25, 0.3) is 0 Å². The number of nitrogens with one attached hydrogen (secondary N) is 1. The van der Waals surface area contributed by atoms with E-state index in [9.17, 15) is 9.59 Å². The molecule has 5 heteroatoms. The van der Waals surface area contributed by atoms with Crippen molar-refractivity contribution in [1.29, 1.82) is 0 Å². The van der Waals surface area contributed by atoms with Crippen LogP contribution in [0.1, 0.15) is 17.3 Å². The molecule has 2 rings (SSSR count). The van der Waals surface area contributed by atoms with E-state index < -0.39 is 0 Å². The topological polar surface area (TPSA) is 46.2 Å². The van der Waals surface area contributed by atoms with Gasteiger partial charge in [-0.1, -0.05) is 35.5 Å². The number of halogens is 1. The van der Waals surface area contributed by atoms with E-state index in [1.807, 2.05) is 12.1 Å². The van der Waals surface area contributed by atoms with Crippen molar-refractivity contribution in [2.75, 3.05) is 5.32 Å². The highest BCUT2D eigenvalue weighted by molar-refractivity contribution is 7.99. The maximum atomic E-state index is 11.0. The first-order valence-electron chi connectivity index (χ1n) is 5.89. The molecule has 0 aliphatic heterocycles. The normalized spacial score (nSPS) is 10.1. The molecular weight excluding hydrogens is 294 g/mol. The summed E-state index contributed by atoms with van der Waals surface area (Å²) in [4.78, 5) is 23.6. The third-order valence-corrected chi connectivity index (χ3v) is 4.11. The molecule has 1 amide bonds. The fourth-order valence-electron chi connectivity index (χ4n) is 1.65. The zero-order valence-electron chi connectivity index (χ0n) is 10.7. The highest BCUT2D eigenvalue weighted by atomic mass is 35.5. The second-order valence-electron chi connectivity index (χ2n) is 4.08. The Balaban J connectivity index is 2.22. The average molecular weight is 306 g/mol. The standard InChI is InChI=1S/C15H12ClNO2S/c1-10(19)17-12-5-7-13(8-6-12)20-15-11(9-18)3-2-4-14(15)16/h2-9H,1H3,(H,17,19). The Kier molecular flexibility index (Phi) is 4.82. The second-order valence-corrected chi connectivity index (χ2v) is 5.57. The molecule has 0 atom stereocenters. The summed E-state index contributed by atoms with van der Waals surface area (Å²) in [5, 5.41) is 3.25. The lowest BCUT2D eigenvalue weighted by Gasteiger charge is -2.08. The van der Waals surface area contributed by atoms with Gasteiger partial charge < -0.3 is 5.32 Å². The predicted octanol–water partition coefficient (Wildman–Crippen LogP) is 4.26. The van der Waals surface area contributed by atoms with E-state index in [1.165, 1.54) is 18.7 Å². The Morgan fingerprint density at radius 1 is 1.20 bits per heavy atom. The molecule has 3 nitrogen and oxygen atoms in total. The van der Waals surface area contributed by atoms with Crippen LogP contribution in [0.15, 0.2) is 52.3 Å². The van der Waals surface area contributed by atoms with E-state index in [4.69, 9.17) is 11.6 Å². The lowest BCUT2D eigenvalue weighted by atomic mass is 10.2. The zero-order chi connectivity index (χ0) is 14.5. The van der Waals surface area contributed by atoms with Crippen LogP contribution in [-0.4, -0.2) is 12.2 Å². The van der Waals surface area contributed by atoms with Crippen molar-refractivity contribution in [2.45, 2.75) is 16.7 Å². The number of benzene rings is 2. The fraction of sp³-hybridized carbons (Fsp3) is 0.0667. The Morgan fingerprint density at radius 3 is 2.50 bits per heavy atom. The lowest BCUT2D eigenvalue weighted by molar-refractivity contribution is -0.114. The summed E-state index contributed by atoms with van der Waals surface area (Å²) in [7, 11) is 0. The van der Waals surface area contributed by atoms with E-state index in [0.29, 0.717) is 10.6 Å². The van der Waals surface area contributed by atoms with Crippen LogP contribution in [0.5, 0.6) is 0 Å². The van der Waals surface area contributed by atoms with Gasteiger partial charge in [0.1, 0.15) is 0 Å². The molecule has 0 spiro atoms. The predicted molar refractivity (Wildman–Crippen MR) is 81.7 cm³/mol. The number of hydrogen-bond acceptors (Lipinski definition) is 3. The van der Waals surface area contributed by atoms with Crippen molar-refractivity contribution < 1.29 is 9.59 Å². The number of carbonyl (C=O) groups excluding carboxylic acids is 2. The molecule has 0 radical (unpaired) electrons. The SMILES string of the molecule is CC(=O)Nc1ccc(Sc2c(Cl)cccc2C=O)cc1. The molecule has 0 bridgehead atoms. The fourth-order valence-corrected chi connectivity index (χ4v) is 2.86. The van der Waals surface area contributed by atoms with Crippen molar-refractivity contribution in [3.63, 3.8) is 0 Å². The monoisotopic (exact) mass is 305 g/mol. The summed E-state index contributed by atoms with van der Waals surface area (Å²) in [6.45, 7) is 1.46. The minimum atomic E-state index is -0.111. The molecule has 0 heterocycles. The van der Waals surface area contributed by atoms with Crippen molar-refractivity contribution in [3.8, 4) is 0 Å². The maximum Gasteiger partial charge on any atom is 0.221 e. The summed E-state index contributed by atoms with van der Waals surface area (Å²) in [6.07, 6.45) is 0.792. The quantitative estimate of drug-likeness (QED) is 0.858. The Bertz CT molecular complexity index is 641. The minimum absolute atomic E-state index is 0.111. The van der Waals surface area contributed by atoms with Gasteiger partial charge in [0.15, 0.2) is 6.29 Å². The number of hydrogen-bond donors (Lipinski definition) is 1. The van der Waals surface area contributed by atoms with Gasteiger partial charge in [0.2, 0.25) is 5.91 Å². The van der Waals surface area contributed by atoms with Gasteiger partial charge in [-0.05, 0) is 30.3 Å². The van der Waals surface area contributed by atoms with Crippen LogP contribution < -0.4 is 5.32 Å². The van der Waals surface area contributed by atoms with Gasteiger partial charge in [0.25, 0.3) is 0 Å². The average Bonchev–Trinajstić information content (AvgIpc) is 2.42. The molecule has 0 fully saturated rings. The van der Waals surface area contributed by atoms with E-state index in [1.54, 1.807) is 30.3 Å². The van der Waals surface area contributed by atoms with Crippen molar-refractivity contribution >= 4 is 41.2 Å². The molecule has 2 aromatic rings. The number of carbonyl (C=O) groups is 2. The van der Waals surface area contributed by atoms with Gasteiger partial charge in [0, 0.05) is 28.0 Å². The molecular formula is C15H12ClNO2S. The highest BCUT2D eigenvalue weighted by Crippen LogP contribution is 2.35. The van der Waals surface area contributed by atoms with Crippen LogP contribution in [-0.2, 0) is 4.79 Å². The largest absolute Gasteiger partial charge is 0.326 e. The number of rotatable bonds is 4. The van der Waals surface area contributed by atoms with Crippen LogP contribution >= 0.6 is 23.4 Å². The van der Waals surface area contributed by atoms with Gasteiger partial charge in [-0.3, -0.25) is 9.59 Å². The minimum Gasteiger partial charge on any atom is -0.326 e. The molecule has 0 aliphatic rings. The van der Waals surface area contributed by atoms with Crippen molar-refractivity contribution in [3.05, 3.63) is 53.1 Å². The molecule has 0 saturated heterocycles. The van der Waals surface area contributed by atoms with E-state index >= 15 is 0 Å². The molecule has 0 saturated carbocycles. The van der Waals surface area contributed by atoms with Crippen molar-refractivity contribution in [2.24, 2.45) is 0 Å². The number of anilines is 1. The molecule has 20 heavy (non-hydrogen) atoms. The Labute approximate surface area is 126 Å². The zero-order valence-corrected chi connectivity index (χ0v) is 12.3. The summed E-state index contributed by atoms with van der Waals surface area (Å²) in [5.41, 5.74) is 1.30. The van der Waals surface area contributed by atoms with E-state index in [0.717, 1.165) is 21.8 Å². The first kappa shape index (κ1) is 14.6. The molecule has 0 aliphatic carbocycles. The number of aldehydes is 1. The van der Waals surface area contributed by atoms with Crippen LogP contribution in [0.4, 0.5) is 5.69 Å². The molecule has 1 N–H and O–H groups in total. The molecule has 0 unspecified atom stereocenters. The van der Waals surface area contributed by atoms with Gasteiger partial charge in [-0.25, -0.2) is 0 Å². The van der Waals surface area contributed by atoms with Gasteiger partial charge in [-0.2, -0.15) is 0 Å². The Hall–Kier alpha value is -1.78. The summed E-state index contributed by atoms with van der Waals surface area (Å²) < 4.78 is 0. The summed E-state index contributed by atoms with van der Waals surface area (Å²) in [6, 6.07) is 12.6. The van der Waals surface area contributed by atoms with E-state index in [2.05, 4.69) is 5.32 Å². The van der Waals surface area contributed by atoms with Gasteiger partial charge in [-0.15, -0.1) is 0 Å². The second kappa shape index (κ2) is 6.59. The third-order valence-electron chi connectivity index (χ3n) is 2.52. The number of amides is 1. The van der Waals surface area contributed by atoms with Crippen LogP contribution in [0.3, 0.4) is 0 Å². The van der Waals surface area contributed by atoms with E-state index in [-0.39, 0.29) is 5.91 Å². The highest BCUT2D eigenvalue weighted by Gasteiger charge is 2.08. The smallest absolute Gasteiger partial charge is 0.221 e. The van der Waals surface area contributed by atoms with Crippen LogP contribution in [0, 0.1) is 0 Å². The summed E-state index contributed by atoms with van der Waals surface area (Å²) in [5.74, 6) is -0.111. The first-order chi connectivity index (χ1) is 9.60. The molecule has 102 valence electrons. The molecule has 2 aromatic carbocycles. The van der Waals surface area contributed by atoms with Crippen LogP contribution in [0.2, 0.25) is 5.02 Å². The summed E-state index contributed by atoms with van der Waals surface area (Å²) >= 11 is 7.54. The molecule has 0 aromatic heterocycles. The lowest BCUT2D eigenvalue weighted by Crippen LogP contribution is -2.05. The van der Waals surface area contributed by atoms with Crippen molar-refractivity contribution in [1.82, 2.24) is 0 Å². The van der Waals surface area contributed by atoms with Gasteiger partial charge >= 0.3 is 0 Å². The maximum absolute atomic E-state index is 11.0. The van der Waals surface area contributed by atoms with Gasteiger partial charge in [0.05, 0.1) is 5.02 Å². The first-order valence-corrected chi connectivity index (χ1v) is 7.09. The third kappa shape index (κ3) is 3.62.